The molecule has 1 aromatic carbocycles. The smallest absolute Gasteiger partial charge is 0.339 e. The second kappa shape index (κ2) is 6.37. The predicted octanol–water partition coefficient (Wildman–Crippen LogP) is 3.58. The van der Waals surface area contributed by atoms with Crippen LogP contribution in [-0.2, 0) is 9.53 Å². The molecule has 0 spiro atoms. The fourth-order valence-corrected chi connectivity index (χ4v) is 2.61. The molecule has 0 atom stereocenters. The van der Waals surface area contributed by atoms with Crippen molar-refractivity contribution >= 4 is 34.9 Å². The number of carbonyl (C=O) groups excluding carboxylic acids is 1. The minimum absolute atomic E-state index is 0.0906. The Morgan fingerprint density at radius 3 is 2.60 bits per heavy atom. The van der Waals surface area contributed by atoms with Crippen LogP contribution in [0.4, 0.5) is 5.69 Å². The molecule has 1 N–H and O–H groups in total. The van der Waals surface area contributed by atoms with Gasteiger partial charge in [-0.25, -0.2) is 4.79 Å². The summed E-state index contributed by atoms with van der Waals surface area (Å²) < 4.78 is 4.95. The summed E-state index contributed by atoms with van der Waals surface area (Å²) in [5.41, 5.74) is 1.10. The van der Waals surface area contributed by atoms with Gasteiger partial charge in [-0.1, -0.05) is 23.2 Å². The van der Waals surface area contributed by atoms with Crippen molar-refractivity contribution in [1.29, 1.82) is 0 Å². The Labute approximate surface area is 127 Å². The van der Waals surface area contributed by atoms with Crippen LogP contribution in [-0.4, -0.2) is 30.8 Å². The lowest BCUT2D eigenvalue weighted by molar-refractivity contribution is -0.138. The number of rotatable bonds is 3. The van der Waals surface area contributed by atoms with E-state index in [4.69, 9.17) is 27.9 Å². The zero-order valence-electron chi connectivity index (χ0n) is 11.0. The lowest BCUT2D eigenvalue weighted by Gasteiger charge is -2.30. The van der Waals surface area contributed by atoms with Crippen LogP contribution in [0.5, 0.6) is 0 Å². The Hall–Kier alpha value is -1.39. The van der Waals surface area contributed by atoms with Crippen LogP contribution in [0.2, 0.25) is 10.0 Å². The molecule has 0 unspecified atom stereocenters. The van der Waals surface area contributed by atoms with Gasteiger partial charge in [0.25, 0.3) is 0 Å². The summed E-state index contributed by atoms with van der Waals surface area (Å²) in [7, 11) is 0. The normalized spacial score (nSPS) is 15.4. The molecule has 20 heavy (non-hydrogen) atoms. The highest BCUT2D eigenvalue weighted by atomic mass is 35.5. The second-order valence-corrected chi connectivity index (χ2v) is 5.32. The molecule has 6 heteroatoms. The van der Waals surface area contributed by atoms with E-state index in [1.807, 2.05) is 4.90 Å². The highest BCUT2D eigenvalue weighted by molar-refractivity contribution is 6.35. The standard InChI is InChI=1S/C14H15Cl2NO3/c1-2-20-14(19)12-8-17(4-3-13(12)18)11-6-9(15)5-10(16)7-11/h5-7,18H,2-4,8H2,1H3. The zero-order chi connectivity index (χ0) is 14.7. The summed E-state index contributed by atoms with van der Waals surface area (Å²) in [4.78, 5) is 13.7. The summed E-state index contributed by atoms with van der Waals surface area (Å²) in [6.45, 7) is 2.87. The lowest BCUT2D eigenvalue weighted by atomic mass is 10.1. The SMILES string of the molecule is CCOC(=O)C1=C(O)CCN(c2cc(Cl)cc(Cl)c2)C1. The van der Waals surface area contributed by atoms with Crippen molar-refractivity contribution in [2.75, 3.05) is 24.6 Å². The van der Waals surface area contributed by atoms with Gasteiger partial charge in [0.05, 0.1) is 18.7 Å². The highest BCUT2D eigenvalue weighted by Crippen LogP contribution is 2.29. The molecule has 0 saturated carbocycles. The maximum atomic E-state index is 11.8. The van der Waals surface area contributed by atoms with Gasteiger partial charge in [-0.2, -0.15) is 0 Å². The van der Waals surface area contributed by atoms with Gasteiger partial charge in [0.1, 0.15) is 5.76 Å². The first-order valence-corrected chi connectivity index (χ1v) is 7.06. The Bertz CT molecular complexity index is 537. The van der Waals surface area contributed by atoms with Gasteiger partial charge in [0, 0.05) is 28.7 Å². The number of anilines is 1. The molecular weight excluding hydrogens is 301 g/mol. The van der Waals surface area contributed by atoms with E-state index in [0.29, 0.717) is 23.0 Å². The van der Waals surface area contributed by atoms with Gasteiger partial charge in [0.15, 0.2) is 0 Å². The highest BCUT2D eigenvalue weighted by Gasteiger charge is 2.25. The number of ether oxygens (including phenoxy) is 1. The summed E-state index contributed by atoms with van der Waals surface area (Å²) in [6, 6.07) is 5.20. The van der Waals surface area contributed by atoms with Crippen molar-refractivity contribution in [2.24, 2.45) is 0 Å². The number of aliphatic hydroxyl groups excluding tert-OH is 1. The average Bonchev–Trinajstić information content (AvgIpc) is 2.38. The molecule has 108 valence electrons. The number of benzene rings is 1. The predicted molar refractivity (Wildman–Crippen MR) is 79.6 cm³/mol. The molecule has 0 amide bonds. The first kappa shape index (κ1) is 15.0. The molecule has 0 aliphatic carbocycles. The van der Waals surface area contributed by atoms with E-state index < -0.39 is 5.97 Å². The largest absolute Gasteiger partial charge is 0.512 e. The van der Waals surface area contributed by atoms with Crippen LogP contribution in [0.15, 0.2) is 29.5 Å². The third kappa shape index (κ3) is 3.38. The van der Waals surface area contributed by atoms with Crippen LogP contribution < -0.4 is 4.90 Å². The summed E-state index contributed by atoms with van der Waals surface area (Å²) >= 11 is 12.0. The van der Waals surface area contributed by atoms with Gasteiger partial charge in [-0.3, -0.25) is 0 Å². The third-order valence-corrected chi connectivity index (χ3v) is 3.49. The van der Waals surface area contributed by atoms with E-state index in [0.717, 1.165) is 5.69 Å². The quantitative estimate of drug-likeness (QED) is 0.866. The van der Waals surface area contributed by atoms with Gasteiger partial charge < -0.3 is 14.7 Å². The number of halogens is 2. The Kier molecular flexibility index (Phi) is 4.78. The average molecular weight is 316 g/mol. The number of nitrogens with zero attached hydrogens (tertiary/aromatic N) is 1. The van der Waals surface area contributed by atoms with E-state index in [2.05, 4.69) is 0 Å². The molecule has 1 aliphatic heterocycles. The maximum absolute atomic E-state index is 11.8. The zero-order valence-corrected chi connectivity index (χ0v) is 12.5. The van der Waals surface area contributed by atoms with Crippen LogP contribution in [0.3, 0.4) is 0 Å². The topological polar surface area (TPSA) is 49.8 Å². The van der Waals surface area contributed by atoms with Crippen molar-refractivity contribution in [3.05, 3.63) is 39.6 Å². The monoisotopic (exact) mass is 315 g/mol. The first-order chi connectivity index (χ1) is 9.51. The number of aliphatic hydroxyl groups is 1. The fourth-order valence-electron chi connectivity index (χ4n) is 2.10. The van der Waals surface area contributed by atoms with Crippen molar-refractivity contribution in [3.63, 3.8) is 0 Å². The molecule has 0 radical (unpaired) electrons. The molecule has 0 aromatic heterocycles. The molecule has 2 rings (SSSR count). The molecule has 1 aromatic rings. The minimum Gasteiger partial charge on any atom is -0.512 e. The number of carbonyl (C=O) groups is 1. The van der Waals surface area contributed by atoms with Crippen molar-refractivity contribution in [1.82, 2.24) is 0 Å². The number of hydrogen-bond donors (Lipinski definition) is 1. The van der Waals surface area contributed by atoms with Crippen molar-refractivity contribution in [3.8, 4) is 0 Å². The van der Waals surface area contributed by atoms with Gasteiger partial charge in [-0.15, -0.1) is 0 Å². The van der Waals surface area contributed by atoms with Gasteiger partial charge in [-0.05, 0) is 25.1 Å². The van der Waals surface area contributed by atoms with Crippen LogP contribution in [0.1, 0.15) is 13.3 Å². The molecule has 4 nitrogen and oxygen atoms in total. The molecule has 1 aliphatic rings. The molecule has 0 fully saturated rings. The van der Waals surface area contributed by atoms with E-state index in [1.165, 1.54) is 0 Å². The number of esters is 1. The fraction of sp³-hybridized carbons (Fsp3) is 0.357. The second-order valence-electron chi connectivity index (χ2n) is 4.44. The summed E-state index contributed by atoms with van der Waals surface area (Å²) in [5, 5.41) is 10.9. The van der Waals surface area contributed by atoms with Crippen molar-refractivity contribution < 1.29 is 14.6 Å². The van der Waals surface area contributed by atoms with E-state index in [9.17, 15) is 9.90 Å². The van der Waals surface area contributed by atoms with Gasteiger partial charge >= 0.3 is 5.97 Å². The van der Waals surface area contributed by atoms with E-state index in [-0.39, 0.29) is 24.5 Å². The summed E-state index contributed by atoms with van der Waals surface area (Å²) in [5.74, 6) is -0.393. The Morgan fingerprint density at radius 2 is 2.00 bits per heavy atom. The van der Waals surface area contributed by atoms with Crippen molar-refractivity contribution in [2.45, 2.75) is 13.3 Å². The Morgan fingerprint density at radius 1 is 1.35 bits per heavy atom. The molecule has 0 saturated heterocycles. The van der Waals surface area contributed by atoms with E-state index >= 15 is 0 Å². The number of hydrogen-bond acceptors (Lipinski definition) is 4. The van der Waals surface area contributed by atoms with Crippen LogP contribution in [0, 0.1) is 0 Å². The Balaban J connectivity index is 2.23. The van der Waals surface area contributed by atoms with E-state index in [1.54, 1.807) is 25.1 Å². The summed E-state index contributed by atoms with van der Waals surface area (Å²) in [6.07, 6.45) is 0.387. The lowest BCUT2D eigenvalue weighted by Crippen LogP contribution is -2.34. The first-order valence-electron chi connectivity index (χ1n) is 6.30. The molecule has 0 bridgehead atoms. The third-order valence-electron chi connectivity index (χ3n) is 3.05. The minimum atomic E-state index is -0.483. The molecule has 1 heterocycles. The van der Waals surface area contributed by atoms with Crippen LogP contribution in [0.25, 0.3) is 0 Å². The van der Waals surface area contributed by atoms with Crippen LogP contribution >= 0.6 is 23.2 Å². The molecular formula is C14H15Cl2NO3. The maximum Gasteiger partial charge on any atom is 0.339 e. The van der Waals surface area contributed by atoms with Gasteiger partial charge in [0.2, 0.25) is 0 Å².